The summed E-state index contributed by atoms with van der Waals surface area (Å²) in [5, 5.41) is 16.0. The molecule has 2 heterocycles. The van der Waals surface area contributed by atoms with Gasteiger partial charge in [0.25, 0.3) is 0 Å². The third-order valence-electron chi connectivity index (χ3n) is 9.66. The van der Waals surface area contributed by atoms with Gasteiger partial charge in [-0.1, -0.05) is 77.4 Å². The SMILES string of the molecule is CC(=C[C@H](C(C)C)N(C)C(=O)[C@@H](NC(=O)C1CCCCN1C(C)C)C(C)(C)C)C(=O)N1CCC[C@H]1C(=O)N[C@H](CO)c1ccccc1. The topological polar surface area (TPSA) is 122 Å². The number of aliphatic hydroxyl groups is 1. The smallest absolute Gasteiger partial charge is 0.249 e. The van der Waals surface area contributed by atoms with E-state index in [4.69, 9.17) is 0 Å². The molecular weight excluding hydrogens is 594 g/mol. The van der Waals surface area contributed by atoms with E-state index in [9.17, 15) is 24.3 Å². The second-order valence-corrected chi connectivity index (χ2v) is 15.0. The third kappa shape index (κ3) is 9.66. The van der Waals surface area contributed by atoms with Crippen LogP contribution in [0.15, 0.2) is 42.0 Å². The van der Waals surface area contributed by atoms with Gasteiger partial charge in [0, 0.05) is 25.2 Å². The number of benzene rings is 1. The van der Waals surface area contributed by atoms with Gasteiger partial charge in [-0.05, 0) is 69.9 Å². The summed E-state index contributed by atoms with van der Waals surface area (Å²) >= 11 is 0. The van der Waals surface area contributed by atoms with Crippen LogP contribution in [0.25, 0.3) is 0 Å². The van der Waals surface area contributed by atoms with Crippen molar-refractivity contribution in [3.63, 3.8) is 0 Å². The van der Waals surface area contributed by atoms with Crippen molar-refractivity contribution in [2.24, 2.45) is 11.3 Å². The molecule has 2 fully saturated rings. The van der Waals surface area contributed by atoms with Gasteiger partial charge >= 0.3 is 0 Å². The predicted octanol–water partition coefficient (Wildman–Crippen LogP) is 4.05. The lowest BCUT2D eigenvalue weighted by molar-refractivity contribution is -0.142. The molecule has 2 saturated heterocycles. The molecule has 0 spiro atoms. The maximum absolute atomic E-state index is 14.2. The Hall–Kier alpha value is -3.24. The summed E-state index contributed by atoms with van der Waals surface area (Å²) in [5.41, 5.74) is 0.705. The van der Waals surface area contributed by atoms with E-state index in [0.717, 1.165) is 31.4 Å². The number of rotatable bonds is 12. The highest BCUT2D eigenvalue weighted by molar-refractivity contribution is 5.97. The molecule has 3 N–H and O–H groups in total. The van der Waals surface area contributed by atoms with Crippen LogP contribution in [-0.4, -0.2) is 100 Å². The fraction of sp³-hybridized carbons (Fsp3) is 0.676. The normalized spacial score (nSPS) is 21.4. The van der Waals surface area contributed by atoms with Gasteiger partial charge in [0.15, 0.2) is 0 Å². The molecule has 0 aromatic heterocycles. The van der Waals surface area contributed by atoms with E-state index in [-0.39, 0.29) is 48.2 Å². The molecule has 10 heteroatoms. The molecule has 10 nitrogen and oxygen atoms in total. The molecule has 4 amide bonds. The second-order valence-electron chi connectivity index (χ2n) is 15.0. The van der Waals surface area contributed by atoms with Crippen LogP contribution in [0.3, 0.4) is 0 Å². The quantitative estimate of drug-likeness (QED) is 0.293. The highest BCUT2D eigenvalue weighted by Crippen LogP contribution is 2.27. The van der Waals surface area contributed by atoms with Gasteiger partial charge in [-0.2, -0.15) is 0 Å². The van der Waals surface area contributed by atoms with Crippen molar-refractivity contribution in [1.82, 2.24) is 25.3 Å². The number of likely N-dealkylation sites (tertiary alicyclic amines) is 2. The van der Waals surface area contributed by atoms with E-state index in [0.29, 0.717) is 25.0 Å². The number of carbonyl (C=O) groups is 4. The van der Waals surface area contributed by atoms with Gasteiger partial charge in [0.05, 0.1) is 24.7 Å². The Morgan fingerprint density at radius 2 is 1.55 bits per heavy atom. The van der Waals surface area contributed by atoms with Crippen LogP contribution in [0.4, 0.5) is 0 Å². The molecular formula is C37H59N5O5. The highest BCUT2D eigenvalue weighted by Gasteiger charge is 2.40. The lowest BCUT2D eigenvalue weighted by Gasteiger charge is -2.41. The largest absolute Gasteiger partial charge is 0.394 e. The van der Waals surface area contributed by atoms with Crippen molar-refractivity contribution in [3.8, 4) is 0 Å². The van der Waals surface area contributed by atoms with Crippen LogP contribution in [0.2, 0.25) is 0 Å². The first-order valence-corrected chi connectivity index (χ1v) is 17.4. The number of nitrogens with zero attached hydrogens (tertiary/aromatic N) is 3. The van der Waals surface area contributed by atoms with Crippen molar-refractivity contribution < 1.29 is 24.3 Å². The first-order chi connectivity index (χ1) is 22.1. The minimum absolute atomic E-state index is 0.0216. The molecule has 262 valence electrons. The molecule has 47 heavy (non-hydrogen) atoms. The Morgan fingerprint density at radius 3 is 2.13 bits per heavy atom. The van der Waals surface area contributed by atoms with Gasteiger partial charge in [0.2, 0.25) is 23.6 Å². The molecule has 2 aliphatic rings. The monoisotopic (exact) mass is 653 g/mol. The average molecular weight is 654 g/mol. The van der Waals surface area contributed by atoms with Crippen molar-refractivity contribution in [2.75, 3.05) is 26.7 Å². The Morgan fingerprint density at radius 1 is 0.936 bits per heavy atom. The van der Waals surface area contributed by atoms with Crippen LogP contribution in [0.5, 0.6) is 0 Å². The van der Waals surface area contributed by atoms with Gasteiger partial charge in [-0.25, -0.2) is 0 Å². The number of amides is 4. The molecule has 3 rings (SSSR count). The number of piperidine rings is 1. The fourth-order valence-corrected chi connectivity index (χ4v) is 6.87. The number of aliphatic hydroxyl groups excluding tert-OH is 1. The zero-order valence-corrected chi connectivity index (χ0v) is 30.1. The van der Waals surface area contributed by atoms with Crippen molar-refractivity contribution in [3.05, 3.63) is 47.5 Å². The van der Waals surface area contributed by atoms with Crippen LogP contribution in [0, 0.1) is 11.3 Å². The van der Waals surface area contributed by atoms with Crippen molar-refractivity contribution in [1.29, 1.82) is 0 Å². The molecule has 0 saturated carbocycles. The van der Waals surface area contributed by atoms with E-state index in [1.807, 2.05) is 71.0 Å². The summed E-state index contributed by atoms with van der Waals surface area (Å²) in [6.45, 7) is 16.9. The van der Waals surface area contributed by atoms with Gasteiger partial charge in [-0.15, -0.1) is 0 Å². The number of likely N-dealkylation sites (N-methyl/N-ethyl adjacent to an activating group) is 1. The fourth-order valence-electron chi connectivity index (χ4n) is 6.87. The Kier molecular flexibility index (Phi) is 13.6. The number of hydrogen-bond donors (Lipinski definition) is 3. The maximum Gasteiger partial charge on any atom is 0.249 e. The van der Waals surface area contributed by atoms with Gasteiger partial charge < -0.3 is 25.5 Å². The van der Waals surface area contributed by atoms with E-state index in [2.05, 4.69) is 29.4 Å². The Labute approximate surface area is 282 Å². The van der Waals surface area contributed by atoms with E-state index in [1.165, 1.54) is 0 Å². The van der Waals surface area contributed by atoms with E-state index < -0.39 is 29.6 Å². The average Bonchev–Trinajstić information content (AvgIpc) is 3.53. The summed E-state index contributed by atoms with van der Waals surface area (Å²) in [6.07, 6.45) is 5.87. The molecule has 2 aliphatic heterocycles. The van der Waals surface area contributed by atoms with Gasteiger partial charge in [-0.3, -0.25) is 24.1 Å². The second kappa shape index (κ2) is 16.7. The van der Waals surface area contributed by atoms with Gasteiger partial charge in [0.1, 0.15) is 12.1 Å². The predicted molar refractivity (Wildman–Crippen MR) is 185 cm³/mol. The number of carbonyl (C=O) groups excluding carboxylic acids is 4. The van der Waals surface area contributed by atoms with Crippen molar-refractivity contribution in [2.45, 2.75) is 124 Å². The summed E-state index contributed by atoms with van der Waals surface area (Å²) < 4.78 is 0. The minimum Gasteiger partial charge on any atom is -0.394 e. The van der Waals surface area contributed by atoms with Crippen LogP contribution in [0.1, 0.15) is 99.1 Å². The molecule has 1 unspecified atom stereocenters. The highest BCUT2D eigenvalue weighted by atomic mass is 16.3. The number of hydrogen-bond acceptors (Lipinski definition) is 6. The zero-order valence-electron chi connectivity index (χ0n) is 30.1. The maximum atomic E-state index is 14.2. The summed E-state index contributed by atoms with van der Waals surface area (Å²) in [4.78, 5) is 60.4. The lowest BCUT2D eigenvalue weighted by Crippen LogP contribution is -2.60. The molecule has 1 aromatic rings. The van der Waals surface area contributed by atoms with Crippen molar-refractivity contribution >= 4 is 23.6 Å². The van der Waals surface area contributed by atoms with E-state index in [1.54, 1.807) is 23.8 Å². The standard InChI is InChI=1S/C37H59N5O5/c1-24(2)31(40(9)36(47)32(37(6,7)8)39-34(45)29-18-13-14-20-41(29)25(3)4)22-26(5)35(46)42-21-15-19-30(42)33(44)38-28(23-43)27-16-11-10-12-17-27/h10-12,16-17,22,24-25,28-32,43H,13-15,18-21,23H2,1-9H3,(H,38,44)(H,39,45)/t28-,29?,30+,31-,32-/m1/s1. The van der Waals surface area contributed by atoms with Crippen LogP contribution in [-0.2, 0) is 19.2 Å². The third-order valence-corrected chi connectivity index (χ3v) is 9.66. The zero-order chi connectivity index (χ0) is 35.1. The van der Waals surface area contributed by atoms with Crippen LogP contribution < -0.4 is 10.6 Å². The summed E-state index contributed by atoms with van der Waals surface area (Å²) in [7, 11) is 1.73. The Bertz CT molecular complexity index is 1260. The summed E-state index contributed by atoms with van der Waals surface area (Å²) in [5.74, 6) is -0.885. The van der Waals surface area contributed by atoms with Crippen LogP contribution >= 0.6 is 0 Å². The molecule has 0 radical (unpaired) electrons. The summed E-state index contributed by atoms with van der Waals surface area (Å²) in [6, 6.07) is 6.86. The molecule has 5 atom stereocenters. The van der Waals surface area contributed by atoms with E-state index >= 15 is 0 Å². The first kappa shape index (κ1) is 38.2. The molecule has 1 aromatic carbocycles. The first-order valence-electron chi connectivity index (χ1n) is 17.4. The Balaban J connectivity index is 1.77. The minimum atomic E-state index is -0.752. The number of nitrogens with one attached hydrogen (secondary N) is 2. The molecule has 0 bridgehead atoms. The molecule has 0 aliphatic carbocycles. The lowest BCUT2D eigenvalue weighted by atomic mass is 9.84.